The van der Waals surface area contributed by atoms with Gasteiger partial charge in [0, 0.05) is 17.8 Å². The molecule has 90 valence electrons. The van der Waals surface area contributed by atoms with Crippen molar-refractivity contribution in [3.05, 3.63) is 23.7 Å². The maximum atomic E-state index is 11.3. The fraction of sp³-hybridized carbons (Fsp3) is 0.364. The Hall–Kier alpha value is -2.11. The molecule has 6 nitrogen and oxygen atoms in total. The fourth-order valence-electron chi connectivity index (χ4n) is 1.56. The molecule has 6 heteroatoms. The molecule has 0 atom stereocenters. The first kappa shape index (κ1) is 11.4. The van der Waals surface area contributed by atoms with Crippen LogP contribution < -0.4 is 0 Å². The highest BCUT2D eigenvalue weighted by molar-refractivity contribution is 5.95. The van der Waals surface area contributed by atoms with Crippen LogP contribution in [0.3, 0.4) is 0 Å². The molecule has 0 saturated heterocycles. The molecule has 0 aliphatic carbocycles. The highest BCUT2D eigenvalue weighted by Gasteiger charge is 2.31. The van der Waals surface area contributed by atoms with Crippen molar-refractivity contribution in [3.63, 3.8) is 0 Å². The molecule has 0 spiro atoms. The molecule has 2 rings (SSSR count). The lowest BCUT2D eigenvalue weighted by molar-refractivity contribution is 0.0692. The minimum Gasteiger partial charge on any atom is -0.477 e. The summed E-state index contributed by atoms with van der Waals surface area (Å²) in [6, 6.07) is 0. The van der Waals surface area contributed by atoms with Gasteiger partial charge in [0.1, 0.15) is 5.56 Å². The van der Waals surface area contributed by atoms with Gasteiger partial charge in [-0.25, -0.2) is 9.78 Å². The summed E-state index contributed by atoms with van der Waals surface area (Å²) in [4.78, 5) is 18.1. The number of nitrogens with zero attached hydrogens (tertiary/aromatic N) is 2. The maximum absolute atomic E-state index is 11.3. The van der Waals surface area contributed by atoms with E-state index < -0.39 is 11.4 Å². The van der Waals surface area contributed by atoms with Gasteiger partial charge in [-0.05, 0) is 0 Å². The molecule has 0 radical (unpaired) electrons. The van der Waals surface area contributed by atoms with Gasteiger partial charge < -0.3 is 14.6 Å². The minimum atomic E-state index is -1.07. The Labute approximate surface area is 97.7 Å². The van der Waals surface area contributed by atoms with Gasteiger partial charge in [-0.2, -0.15) is 0 Å². The molecular formula is C11H13N3O3. The molecule has 0 aliphatic heterocycles. The number of rotatable bonds is 2. The van der Waals surface area contributed by atoms with Crippen LogP contribution in [0.5, 0.6) is 0 Å². The first-order valence-corrected chi connectivity index (χ1v) is 5.14. The summed E-state index contributed by atoms with van der Waals surface area (Å²) in [5.41, 5.74) is -0.133. The summed E-state index contributed by atoms with van der Waals surface area (Å²) < 4.78 is 5.15. The average molecular weight is 235 g/mol. The number of aromatic nitrogens is 3. The second kappa shape index (κ2) is 3.73. The third-order valence-electron chi connectivity index (χ3n) is 2.31. The molecule has 2 heterocycles. The van der Waals surface area contributed by atoms with Gasteiger partial charge >= 0.3 is 5.97 Å². The number of hydrogen-bond acceptors (Lipinski definition) is 4. The van der Waals surface area contributed by atoms with Crippen LogP contribution in [0.1, 0.15) is 36.9 Å². The molecule has 0 aromatic carbocycles. The highest BCUT2D eigenvalue weighted by atomic mass is 16.5. The van der Waals surface area contributed by atoms with E-state index in [4.69, 9.17) is 4.52 Å². The van der Waals surface area contributed by atoms with E-state index in [-0.39, 0.29) is 11.3 Å². The third-order valence-corrected chi connectivity index (χ3v) is 2.31. The number of carboxylic acids is 1. The number of carboxylic acid groups (broad SMARTS) is 1. The Morgan fingerprint density at radius 2 is 2.18 bits per heavy atom. The molecule has 2 N–H and O–H groups in total. The summed E-state index contributed by atoms with van der Waals surface area (Å²) in [6.45, 7) is 5.60. The van der Waals surface area contributed by atoms with E-state index in [0.29, 0.717) is 11.6 Å². The molecular weight excluding hydrogens is 222 g/mol. The zero-order valence-electron chi connectivity index (χ0n) is 9.81. The van der Waals surface area contributed by atoms with Gasteiger partial charge in [-0.15, -0.1) is 0 Å². The Bertz CT molecular complexity index is 535. The van der Waals surface area contributed by atoms with E-state index in [0.717, 1.165) is 0 Å². The highest BCUT2D eigenvalue weighted by Crippen LogP contribution is 2.31. The maximum Gasteiger partial charge on any atom is 0.341 e. The summed E-state index contributed by atoms with van der Waals surface area (Å²) >= 11 is 0. The first-order chi connectivity index (χ1) is 7.91. The molecule has 2 aromatic rings. The molecule has 17 heavy (non-hydrogen) atoms. The van der Waals surface area contributed by atoms with E-state index >= 15 is 0 Å². The number of carbonyl (C=O) groups is 1. The Balaban J connectivity index is 2.64. The molecule has 0 aliphatic rings. The van der Waals surface area contributed by atoms with E-state index in [2.05, 4.69) is 15.1 Å². The van der Waals surface area contributed by atoms with Gasteiger partial charge in [0.2, 0.25) is 0 Å². The lowest BCUT2D eigenvalue weighted by atomic mass is 9.89. The largest absolute Gasteiger partial charge is 0.477 e. The molecule has 0 unspecified atom stereocenters. The van der Waals surface area contributed by atoms with Crippen molar-refractivity contribution in [3.8, 4) is 11.5 Å². The predicted molar refractivity (Wildman–Crippen MR) is 59.7 cm³/mol. The van der Waals surface area contributed by atoms with Gasteiger partial charge in [0.05, 0.1) is 0 Å². The average Bonchev–Trinajstić information content (AvgIpc) is 2.84. The lowest BCUT2D eigenvalue weighted by Crippen LogP contribution is -2.15. The van der Waals surface area contributed by atoms with Crippen LogP contribution >= 0.6 is 0 Å². The van der Waals surface area contributed by atoms with Gasteiger partial charge in [-0.3, -0.25) is 0 Å². The monoisotopic (exact) mass is 235 g/mol. The second-order valence-corrected chi connectivity index (χ2v) is 4.73. The summed E-state index contributed by atoms with van der Waals surface area (Å²) in [5, 5.41) is 13.1. The Morgan fingerprint density at radius 3 is 2.65 bits per heavy atom. The zero-order chi connectivity index (χ0) is 12.6. The van der Waals surface area contributed by atoms with Gasteiger partial charge in [-0.1, -0.05) is 25.9 Å². The van der Waals surface area contributed by atoms with Crippen LogP contribution in [0.25, 0.3) is 11.5 Å². The Morgan fingerprint density at radius 1 is 1.47 bits per heavy atom. The van der Waals surface area contributed by atoms with Crippen LogP contribution in [0.2, 0.25) is 0 Å². The van der Waals surface area contributed by atoms with E-state index in [1.165, 1.54) is 6.20 Å². The van der Waals surface area contributed by atoms with E-state index in [9.17, 15) is 9.90 Å². The molecule has 0 amide bonds. The topological polar surface area (TPSA) is 92.0 Å². The third kappa shape index (κ3) is 1.93. The Kier molecular flexibility index (Phi) is 2.49. The SMILES string of the molecule is CC(C)(C)c1onc(-c2ncc[nH]2)c1C(=O)O. The zero-order valence-corrected chi connectivity index (χ0v) is 9.81. The van der Waals surface area contributed by atoms with Crippen LogP contribution in [-0.4, -0.2) is 26.2 Å². The number of imidazole rings is 1. The predicted octanol–water partition coefficient (Wildman–Crippen LogP) is 2.06. The van der Waals surface area contributed by atoms with Crippen molar-refractivity contribution in [1.82, 2.24) is 15.1 Å². The number of H-pyrrole nitrogens is 1. The van der Waals surface area contributed by atoms with Crippen LogP contribution in [0.4, 0.5) is 0 Å². The van der Waals surface area contributed by atoms with Crippen molar-refractivity contribution in [2.24, 2.45) is 0 Å². The fourth-order valence-corrected chi connectivity index (χ4v) is 1.56. The number of aromatic amines is 1. The molecule has 2 aromatic heterocycles. The van der Waals surface area contributed by atoms with Crippen molar-refractivity contribution in [1.29, 1.82) is 0 Å². The van der Waals surface area contributed by atoms with Crippen molar-refractivity contribution in [2.75, 3.05) is 0 Å². The normalized spacial score (nSPS) is 11.7. The molecule has 0 fully saturated rings. The van der Waals surface area contributed by atoms with Crippen molar-refractivity contribution in [2.45, 2.75) is 26.2 Å². The minimum absolute atomic E-state index is 0.0625. The van der Waals surface area contributed by atoms with Crippen LogP contribution in [0, 0.1) is 0 Å². The van der Waals surface area contributed by atoms with Gasteiger partial charge in [0.25, 0.3) is 0 Å². The van der Waals surface area contributed by atoms with E-state index in [1.807, 2.05) is 20.8 Å². The molecule has 0 saturated carbocycles. The van der Waals surface area contributed by atoms with Crippen molar-refractivity contribution >= 4 is 5.97 Å². The summed E-state index contributed by atoms with van der Waals surface area (Å²) in [6.07, 6.45) is 3.14. The second-order valence-electron chi connectivity index (χ2n) is 4.73. The van der Waals surface area contributed by atoms with Crippen LogP contribution in [-0.2, 0) is 5.41 Å². The number of hydrogen-bond donors (Lipinski definition) is 2. The number of aromatic carboxylic acids is 1. The van der Waals surface area contributed by atoms with Gasteiger partial charge in [0.15, 0.2) is 17.3 Å². The first-order valence-electron chi connectivity index (χ1n) is 5.14. The summed E-state index contributed by atoms with van der Waals surface area (Å²) in [5.74, 6) is -0.333. The lowest BCUT2D eigenvalue weighted by Gasteiger charge is -2.14. The van der Waals surface area contributed by atoms with Crippen molar-refractivity contribution < 1.29 is 14.4 Å². The molecule has 0 bridgehead atoms. The van der Waals surface area contributed by atoms with Crippen LogP contribution in [0.15, 0.2) is 16.9 Å². The summed E-state index contributed by atoms with van der Waals surface area (Å²) in [7, 11) is 0. The quantitative estimate of drug-likeness (QED) is 0.831. The standard InChI is InChI=1S/C11H13N3O3/c1-11(2,3)8-6(10(15)16)7(14-17-8)9-12-4-5-13-9/h4-5H,1-3H3,(H,12,13)(H,15,16). The smallest absolute Gasteiger partial charge is 0.341 e. The number of nitrogens with one attached hydrogen (secondary N) is 1. The van der Waals surface area contributed by atoms with E-state index in [1.54, 1.807) is 6.20 Å².